The number of rotatable bonds is 2. The molecule has 0 amide bonds. The van der Waals surface area contributed by atoms with Gasteiger partial charge < -0.3 is 0 Å². The van der Waals surface area contributed by atoms with E-state index in [1.807, 2.05) is 30.3 Å². The lowest BCUT2D eigenvalue weighted by molar-refractivity contribution is 0.606. The van der Waals surface area contributed by atoms with Crippen molar-refractivity contribution in [3.63, 3.8) is 0 Å². The normalized spacial score (nSPS) is 13.3. The second-order valence-electron chi connectivity index (χ2n) is 2.37. The van der Waals surface area contributed by atoms with Gasteiger partial charge in [0.25, 0.3) is 0 Å². The Bertz CT molecular complexity index is 282. The van der Waals surface area contributed by atoms with Crippen LogP contribution in [0.1, 0.15) is 17.7 Å². The third-order valence-electron chi connectivity index (χ3n) is 1.60. The predicted octanol–water partition coefficient (Wildman–Crippen LogP) is 1.36. The molecule has 0 spiro atoms. The van der Waals surface area contributed by atoms with E-state index in [1.54, 1.807) is 6.92 Å². The van der Waals surface area contributed by atoms with Gasteiger partial charge in [-0.3, -0.25) is 0 Å². The van der Waals surface area contributed by atoms with Crippen LogP contribution in [0.4, 0.5) is 0 Å². The molecule has 0 radical (unpaired) electrons. The summed E-state index contributed by atoms with van der Waals surface area (Å²) in [6.45, 7) is 1.68. The van der Waals surface area contributed by atoms with Crippen molar-refractivity contribution in [1.82, 2.24) is 0 Å². The minimum atomic E-state index is -2.34. The van der Waals surface area contributed by atoms with E-state index in [1.165, 1.54) is 0 Å². The zero-order chi connectivity index (χ0) is 8.27. The lowest BCUT2D eigenvalue weighted by Gasteiger charge is -2.01. The lowest BCUT2D eigenvalue weighted by Crippen LogP contribution is -1.93. The van der Waals surface area contributed by atoms with Crippen LogP contribution >= 0.6 is 0 Å². The Morgan fingerprint density at radius 3 is 2.18 bits per heavy atom. The molecule has 1 aromatic carbocycles. The van der Waals surface area contributed by atoms with Gasteiger partial charge in [0.2, 0.25) is 0 Å². The lowest BCUT2D eigenvalue weighted by atomic mass is 10.2. The molecule has 60 valence electrons. The van der Waals surface area contributed by atoms with Crippen molar-refractivity contribution < 1.29 is 8.42 Å². The van der Waals surface area contributed by atoms with Gasteiger partial charge in [0.05, 0.1) is 5.25 Å². The highest BCUT2D eigenvalue weighted by molar-refractivity contribution is 7.72. The van der Waals surface area contributed by atoms with E-state index in [-0.39, 0.29) is 5.25 Å². The quantitative estimate of drug-likeness (QED) is 0.680. The van der Waals surface area contributed by atoms with Crippen LogP contribution in [0.3, 0.4) is 0 Å². The van der Waals surface area contributed by atoms with E-state index in [9.17, 15) is 8.42 Å². The maximum absolute atomic E-state index is 10.5. The number of benzene rings is 1. The summed E-state index contributed by atoms with van der Waals surface area (Å²) in [4.78, 5) is 0. The molecule has 3 heteroatoms. The van der Waals surface area contributed by atoms with Crippen LogP contribution in [0, 0.1) is 0 Å². The first-order valence-corrected chi connectivity index (χ1v) is 4.65. The first-order valence-electron chi connectivity index (χ1n) is 3.40. The van der Waals surface area contributed by atoms with Crippen molar-refractivity contribution in [2.45, 2.75) is 12.2 Å². The molecule has 1 aromatic rings. The number of thiol groups is 1. The smallest absolute Gasteiger partial charge is 0.146 e. The highest BCUT2D eigenvalue weighted by atomic mass is 32.2. The zero-order valence-corrected chi connectivity index (χ0v) is 7.12. The fourth-order valence-electron chi connectivity index (χ4n) is 0.853. The third kappa shape index (κ3) is 2.05. The van der Waals surface area contributed by atoms with E-state index < -0.39 is 10.7 Å². The van der Waals surface area contributed by atoms with Crippen molar-refractivity contribution in [2.75, 3.05) is 0 Å². The van der Waals surface area contributed by atoms with E-state index in [0.29, 0.717) is 0 Å². The van der Waals surface area contributed by atoms with E-state index in [0.717, 1.165) is 5.56 Å². The largest absolute Gasteiger partial charge is 0.231 e. The number of hydrogen-bond donors (Lipinski definition) is 1. The Kier molecular flexibility index (Phi) is 2.65. The molecule has 0 aromatic heterocycles. The SMILES string of the molecule is C[C@@H](c1ccccc1)[SH](=O)=O. The van der Waals surface area contributed by atoms with Crippen LogP contribution in [0.15, 0.2) is 30.3 Å². The second kappa shape index (κ2) is 3.53. The first kappa shape index (κ1) is 8.27. The molecular weight excluding hydrogens is 160 g/mol. The van der Waals surface area contributed by atoms with Crippen LogP contribution < -0.4 is 0 Å². The highest BCUT2D eigenvalue weighted by Crippen LogP contribution is 2.13. The summed E-state index contributed by atoms with van der Waals surface area (Å²) in [6.07, 6.45) is 0. The molecule has 1 atom stereocenters. The summed E-state index contributed by atoms with van der Waals surface area (Å²) >= 11 is 0. The zero-order valence-electron chi connectivity index (χ0n) is 6.23. The Balaban J connectivity index is 2.94. The van der Waals surface area contributed by atoms with Crippen LogP contribution in [0.2, 0.25) is 0 Å². The molecule has 0 heterocycles. The van der Waals surface area contributed by atoms with Crippen molar-refractivity contribution >= 4 is 10.7 Å². The minimum absolute atomic E-state index is 0.369. The highest BCUT2D eigenvalue weighted by Gasteiger charge is 2.05. The molecular formula is C8H10O2S. The first-order chi connectivity index (χ1) is 5.22. The molecule has 0 saturated carbocycles. The molecule has 0 aliphatic heterocycles. The van der Waals surface area contributed by atoms with Crippen molar-refractivity contribution in [3.8, 4) is 0 Å². The van der Waals surface area contributed by atoms with Crippen molar-refractivity contribution in [1.29, 1.82) is 0 Å². The maximum atomic E-state index is 10.5. The predicted molar refractivity (Wildman–Crippen MR) is 45.2 cm³/mol. The fraction of sp³-hybridized carbons (Fsp3) is 0.250. The van der Waals surface area contributed by atoms with Gasteiger partial charge in [-0.25, -0.2) is 8.42 Å². The standard InChI is InChI=1S/C8H10O2S/c1-7(11(9)10)8-5-3-2-4-6-8/h2-7,11H,1H3/t7-/m0/s1. The van der Waals surface area contributed by atoms with Crippen LogP contribution in [-0.4, -0.2) is 8.42 Å². The summed E-state index contributed by atoms with van der Waals surface area (Å²) in [5, 5.41) is -0.369. The third-order valence-corrected chi connectivity index (χ3v) is 2.53. The fourth-order valence-corrected chi connectivity index (χ4v) is 1.27. The topological polar surface area (TPSA) is 34.1 Å². The molecule has 0 aliphatic rings. The van der Waals surface area contributed by atoms with E-state index >= 15 is 0 Å². The van der Waals surface area contributed by atoms with Gasteiger partial charge in [-0.05, 0) is 12.5 Å². The molecule has 1 rings (SSSR count). The van der Waals surface area contributed by atoms with Crippen LogP contribution in [0.25, 0.3) is 0 Å². The minimum Gasteiger partial charge on any atom is -0.231 e. The van der Waals surface area contributed by atoms with Gasteiger partial charge in [0, 0.05) is 0 Å². The molecule has 0 saturated heterocycles. The molecule has 0 N–H and O–H groups in total. The summed E-state index contributed by atoms with van der Waals surface area (Å²) in [5.74, 6) is 0. The van der Waals surface area contributed by atoms with Gasteiger partial charge in [-0.15, -0.1) is 0 Å². The number of hydrogen-bond acceptors (Lipinski definition) is 2. The van der Waals surface area contributed by atoms with Crippen LogP contribution in [-0.2, 0) is 10.7 Å². The van der Waals surface area contributed by atoms with Crippen molar-refractivity contribution in [3.05, 3.63) is 35.9 Å². The van der Waals surface area contributed by atoms with Gasteiger partial charge in [-0.2, -0.15) is 0 Å². The van der Waals surface area contributed by atoms with Gasteiger partial charge >= 0.3 is 0 Å². The summed E-state index contributed by atoms with van der Waals surface area (Å²) in [6, 6.07) is 9.18. The van der Waals surface area contributed by atoms with Gasteiger partial charge in [0.15, 0.2) is 0 Å². The van der Waals surface area contributed by atoms with E-state index in [2.05, 4.69) is 0 Å². The second-order valence-corrected chi connectivity index (χ2v) is 3.72. The molecule has 0 aliphatic carbocycles. The van der Waals surface area contributed by atoms with Gasteiger partial charge in [-0.1, -0.05) is 30.3 Å². The summed E-state index contributed by atoms with van der Waals surface area (Å²) < 4.78 is 21.1. The molecule has 2 nitrogen and oxygen atoms in total. The van der Waals surface area contributed by atoms with E-state index in [4.69, 9.17) is 0 Å². The Labute approximate surface area is 67.8 Å². The van der Waals surface area contributed by atoms with Crippen LogP contribution in [0.5, 0.6) is 0 Å². The maximum Gasteiger partial charge on any atom is 0.146 e. The molecule has 0 unspecified atom stereocenters. The average molecular weight is 170 g/mol. The Hall–Kier alpha value is -0.830. The Morgan fingerprint density at radius 1 is 1.18 bits per heavy atom. The average Bonchev–Trinajstić information content (AvgIpc) is 2.05. The molecule has 11 heavy (non-hydrogen) atoms. The molecule has 0 bridgehead atoms. The van der Waals surface area contributed by atoms with Gasteiger partial charge in [0.1, 0.15) is 10.7 Å². The molecule has 0 fully saturated rings. The summed E-state index contributed by atoms with van der Waals surface area (Å²) in [7, 11) is -2.34. The Morgan fingerprint density at radius 2 is 1.73 bits per heavy atom. The summed E-state index contributed by atoms with van der Waals surface area (Å²) in [5.41, 5.74) is 0.851. The monoisotopic (exact) mass is 170 g/mol. The van der Waals surface area contributed by atoms with Crippen molar-refractivity contribution in [2.24, 2.45) is 0 Å².